The molecule has 0 saturated heterocycles. The second-order valence-corrected chi connectivity index (χ2v) is 7.69. The van der Waals surface area contributed by atoms with E-state index in [0.717, 1.165) is 29.5 Å². The third-order valence-corrected chi connectivity index (χ3v) is 5.69. The molecule has 0 spiro atoms. The van der Waals surface area contributed by atoms with Crippen LogP contribution in [0.4, 0.5) is 5.69 Å². The molecule has 3 aromatic carbocycles. The standard InChI is InChI=1S/C27H29NO3/c1-2-3-18-31-26(30)21(20-29)19-27(22-12-6-4-7-13-22,23-14-8-5-9-15-23)24-16-10-11-17-25(24)28/h4-17,20-21H,2-3,18-19,28H2,1H3. The van der Waals surface area contributed by atoms with E-state index in [4.69, 9.17) is 10.5 Å². The molecule has 0 fully saturated rings. The molecule has 3 aromatic rings. The molecule has 1 unspecified atom stereocenters. The molecule has 3 rings (SSSR count). The lowest BCUT2D eigenvalue weighted by Crippen LogP contribution is -2.36. The molecule has 0 aromatic heterocycles. The van der Waals surface area contributed by atoms with Crippen LogP contribution in [0.5, 0.6) is 0 Å². The maximum Gasteiger partial charge on any atom is 0.316 e. The van der Waals surface area contributed by atoms with Crippen LogP contribution in [0.1, 0.15) is 42.9 Å². The van der Waals surface area contributed by atoms with E-state index < -0.39 is 17.3 Å². The van der Waals surface area contributed by atoms with Crippen molar-refractivity contribution in [1.82, 2.24) is 0 Å². The predicted molar refractivity (Wildman–Crippen MR) is 124 cm³/mol. The average molecular weight is 416 g/mol. The Kier molecular flexibility index (Phi) is 7.60. The molecule has 0 saturated carbocycles. The lowest BCUT2D eigenvalue weighted by molar-refractivity contribution is -0.150. The van der Waals surface area contributed by atoms with Crippen LogP contribution < -0.4 is 5.73 Å². The van der Waals surface area contributed by atoms with Crippen molar-refractivity contribution < 1.29 is 14.3 Å². The molecule has 0 heterocycles. The fraction of sp³-hybridized carbons (Fsp3) is 0.259. The van der Waals surface area contributed by atoms with Crippen molar-refractivity contribution in [3.05, 3.63) is 102 Å². The minimum atomic E-state index is -0.920. The molecule has 2 N–H and O–H groups in total. The Labute approximate surface area is 184 Å². The Morgan fingerprint density at radius 2 is 1.48 bits per heavy atom. The third-order valence-electron chi connectivity index (χ3n) is 5.69. The zero-order valence-corrected chi connectivity index (χ0v) is 17.9. The molecule has 0 bridgehead atoms. The number of unbranched alkanes of at least 4 members (excludes halogenated alkanes) is 1. The summed E-state index contributed by atoms with van der Waals surface area (Å²) in [5.74, 6) is -1.41. The Hall–Kier alpha value is -3.40. The Bertz CT molecular complexity index is 946. The fourth-order valence-electron chi connectivity index (χ4n) is 4.10. The summed E-state index contributed by atoms with van der Waals surface area (Å²) in [5.41, 5.74) is 9.08. The SMILES string of the molecule is CCCCOC(=O)C(C=O)CC(c1ccccc1)(c1ccccc1)c1ccccc1N. The first-order valence-electron chi connectivity index (χ1n) is 10.7. The fourth-order valence-corrected chi connectivity index (χ4v) is 4.10. The summed E-state index contributed by atoms with van der Waals surface area (Å²) >= 11 is 0. The van der Waals surface area contributed by atoms with E-state index in [1.54, 1.807) is 0 Å². The first-order valence-corrected chi connectivity index (χ1v) is 10.7. The minimum absolute atomic E-state index is 0.226. The Balaban J connectivity index is 2.19. The van der Waals surface area contributed by atoms with Gasteiger partial charge in [-0.15, -0.1) is 0 Å². The molecule has 0 radical (unpaired) electrons. The van der Waals surface area contributed by atoms with E-state index in [1.807, 2.05) is 91.9 Å². The number of rotatable bonds is 10. The van der Waals surface area contributed by atoms with Crippen LogP contribution in [0, 0.1) is 5.92 Å². The maximum absolute atomic E-state index is 12.8. The number of carbonyl (C=O) groups excluding carboxylic acids is 2. The van der Waals surface area contributed by atoms with Crippen LogP contribution in [-0.2, 0) is 19.7 Å². The zero-order chi connectivity index (χ0) is 22.1. The summed E-state index contributed by atoms with van der Waals surface area (Å²) < 4.78 is 5.42. The monoisotopic (exact) mass is 415 g/mol. The van der Waals surface area contributed by atoms with E-state index in [0.29, 0.717) is 18.6 Å². The molecule has 31 heavy (non-hydrogen) atoms. The van der Waals surface area contributed by atoms with Crippen molar-refractivity contribution in [2.24, 2.45) is 5.92 Å². The molecule has 4 nitrogen and oxygen atoms in total. The van der Waals surface area contributed by atoms with Gasteiger partial charge in [-0.3, -0.25) is 4.79 Å². The van der Waals surface area contributed by atoms with Crippen LogP contribution >= 0.6 is 0 Å². The molecule has 160 valence electrons. The van der Waals surface area contributed by atoms with Gasteiger partial charge in [0.25, 0.3) is 0 Å². The summed E-state index contributed by atoms with van der Waals surface area (Å²) in [5, 5.41) is 0. The molecule has 4 heteroatoms. The smallest absolute Gasteiger partial charge is 0.316 e. The van der Waals surface area contributed by atoms with Gasteiger partial charge in [0.1, 0.15) is 12.2 Å². The normalized spacial score (nSPS) is 12.2. The number of anilines is 1. The molecule has 0 amide bonds. The van der Waals surface area contributed by atoms with Gasteiger partial charge < -0.3 is 15.3 Å². The van der Waals surface area contributed by atoms with Gasteiger partial charge in [0, 0.05) is 11.1 Å². The highest BCUT2D eigenvalue weighted by atomic mass is 16.5. The highest BCUT2D eigenvalue weighted by molar-refractivity contribution is 5.88. The second-order valence-electron chi connectivity index (χ2n) is 7.69. The lowest BCUT2D eigenvalue weighted by atomic mass is 9.64. The van der Waals surface area contributed by atoms with Gasteiger partial charge in [-0.05, 0) is 35.6 Å². The number of esters is 1. The van der Waals surface area contributed by atoms with E-state index in [2.05, 4.69) is 0 Å². The van der Waals surface area contributed by atoms with Gasteiger partial charge in [0.15, 0.2) is 0 Å². The van der Waals surface area contributed by atoms with E-state index in [-0.39, 0.29) is 6.42 Å². The quantitative estimate of drug-likeness (QED) is 0.124. The lowest BCUT2D eigenvalue weighted by Gasteiger charge is -2.38. The van der Waals surface area contributed by atoms with E-state index in [9.17, 15) is 9.59 Å². The minimum Gasteiger partial charge on any atom is -0.465 e. The van der Waals surface area contributed by atoms with Crippen LogP contribution in [-0.4, -0.2) is 18.9 Å². The number of hydrogen-bond acceptors (Lipinski definition) is 4. The number of nitrogen functional groups attached to an aromatic ring is 1. The summed E-state index contributed by atoms with van der Waals surface area (Å²) in [7, 11) is 0. The zero-order valence-electron chi connectivity index (χ0n) is 17.9. The van der Waals surface area contributed by atoms with Gasteiger partial charge in [0.2, 0.25) is 0 Å². The maximum atomic E-state index is 12.8. The average Bonchev–Trinajstić information content (AvgIpc) is 2.82. The first-order chi connectivity index (χ1) is 15.1. The molecule has 0 aliphatic carbocycles. The number of nitrogens with two attached hydrogens (primary N) is 1. The molecular weight excluding hydrogens is 386 g/mol. The summed E-state index contributed by atoms with van der Waals surface area (Å²) in [4.78, 5) is 24.9. The summed E-state index contributed by atoms with van der Waals surface area (Å²) in [6.07, 6.45) is 2.61. The second kappa shape index (κ2) is 10.6. The Morgan fingerprint density at radius 3 is 2.00 bits per heavy atom. The summed E-state index contributed by atoms with van der Waals surface area (Å²) in [6.45, 7) is 2.34. The van der Waals surface area contributed by atoms with E-state index >= 15 is 0 Å². The highest BCUT2D eigenvalue weighted by Crippen LogP contribution is 2.46. The van der Waals surface area contributed by atoms with Gasteiger partial charge in [-0.1, -0.05) is 92.2 Å². The van der Waals surface area contributed by atoms with Crippen molar-refractivity contribution in [3.63, 3.8) is 0 Å². The molecular formula is C27H29NO3. The van der Waals surface area contributed by atoms with Crippen molar-refractivity contribution in [2.75, 3.05) is 12.3 Å². The first kappa shape index (κ1) is 22.3. The Morgan fingerprint density at radius 1 is 0.935 bits per heavy atom. The van der Waals surface area contributed by atoms with E-state index in [1.165, 1.54) is 0 Å². The van der Waals surface area contributed by atoms with Crippen molar-refractivity contribution in [3.8, 4) is 0 Å². The number of para-hydroxylation sites is 1. The van der Waals surface area contributed by atoms with Gasteiger partial charge in [-0.2, -0.15) is 0 Å². The van der Waals surface area contributed by atoms with Crippen LogP contribution in [0.3, 0.4) is 0 Å². The van der Waals surface area contributed by atoms with Crippen molar-refractivity contribution >= 4 is 17.9 Å². The predicted octanol–water partition coefficient (Wildman–Crippen LogP) is 5.15. The van der Waals surface area contributed by atoms with Crippen LogP contribution in [0.15, 0.2) is 84.9 Å². The van der Waals surface area contributed by atoms with Crippen molar-refractivity contribution in [1.29, 1.82) is 0 Å². The number of ether oxygens (including phenoxy) is 1. The molecule has 1 atom stereocenters. The van der Waals surface area contributed by atoms with Gasteiger partial charge in [0.05, 0.1) is 6.61 Å². The van der Waals surface area contributed by atoms with Crippen molar-refractivity contribution in [2.45, 2.75) is 31.6 Å². The number of carbonyl (C=O) groups is 2. The third kappa shape index (κ3) is 4.85. The topological polar surface area (TPSA) is 69.4 Å². The summed E-state index contributed by atoms with van der Waals surface area (Å²) in [6, 6.07) is 27.4. The van der Waals surface area contributed by atoms with Gasteiger partial charge >= 0.3 is 5.97 Å². The highest BCUT2D eigenvalue weighted by Gasteiger charge is 2.41. The number of benzene rings is 3. The molecule has 0 aliphatic heterocycles. The molecule has 0 aliphatic rings. The van der Waals surface area contributed by atoms with Crippen LogP contribution in [0.25, 0.3) is 0 Å². The van der Waals surface area contributed by atoms with Gasteiger partial charge in [-0.25, -0.2) is 0 Å². The largest absolute Gasteiger partial charge is 0.465 e. The number of hydrogen-bond donors (Lipinski definition) is 1. The number of aldehydes is 1. The van der Waals surface area contributed by atoms with Crippen LogP contribution in [0.2, 0.25) is 0 Å².